The Labute approximate surface area is 260 Å². The predicted molar refractivity (Wildman–Crippen MR) is 173 cm³/mol. The zero-order valence-corrected chi connectivity index (χ0v) is 30.0. The van der Waals surface area contributed by atoms with Crippen LogP contribution in [0.5, 0.6) is 0 Å². The molecule has 0 saturated carbocycles. The highest BCUT2D eigenvalue weighted by Crippen LogP contribution is 2.39. The molecular formula is C34H72N4O4+2. The van der Waals surface area contributed by atoms with E-state index in [4.69, 9.17) is 9.47 Å². The lowest BCUT2D eigenvalue weighted by Crippen LogP contribution is -2.60. The van der Waals surface area contributed by atoms with Gasteiger partial charge >= 0.3 is 0 Å². The van der Waals surface area contributed by atoms with Crippen molar-refractivity contribution in [1.82, 2.24) is 10.1 Å². The van der Waals surface area contributed by atoms with E-state index in [0.29, 0.717) is 0 Å². The summed E-state index contributed by atoms with van der Waals surface area (Å²) in [6.07, 6.45) is 11.3. The lowest BCUT2D eigenvalue weighted by Gasteiger charge is -2.51. The molecule has 2 N–H and O–H groups in total. The second kappa shape index (κ2) is 14.8. The van der Waals surface area contributed by atoms with Gasteiger partial charge in [-0.3, -0.25) is 0 Å². The molecule has 250 valence electrons. The van der Waals surface area contributed by atoms with Crippen LogP contribution in [0.15, 0.2) is 0 Å². The van der Waals surface area contributed by atoms with E-state index in [1.54, 1.807) is 0 Å². The molecule has 42 heavy (non-hydrogen) atoms. The molecule has 0 bridgehead atoms. The van der Waals surface area contributed by atoms with Gasteiger partial charge in [-0.1, -0.05) is 0 Å². The molecule has 2 aliphatic heterocycles. The Kier molecular flexibility index (Phi) is 13.4. The summed E-state index contributed by atoms with van der Waals surface area (Å²) < 4.78 is 14.7. The fourth-order valence-electron chi connectivity index (χ4n) is 7.74. The number of hydrogen-bond donors (Lipinski definition) is 2. The number of piperidine rings is 2. The standard InChI is InChI=1S/C34H72N4O4/c1-31(2)25-29(26-32(3,4)35(31)39)41-23-17-21-37(9,10)19-15-13-14-16-20-38(11,12)22-18-24-42-30-27-33(5,6)36(40)34(7,8)28-30/h29-30,39-40H,13-28H2,1-12H3/q+2. The molecule has 0 aromatic heterocycles. The van der Waals surface area contributed by atoms with Crippen LogP contribution in [-0.2, 0) is 9.47 Å². The normalized spacial score (nSPS) is 23.9. The summed E-state index contributed by atoms with van der Waals surface area (Å²) >= 11 is 0. The highest BCUT2D eigenvalue weighted by molar-refractivity contribution is 4.97. The lowest BCUT2D eigenvalue weighted by atomic mass is 9.80. The maximum Gasteiger partial charge on any atom is 0.0804 e. The van der Waals surface area contributed by atoms with Gasteiger partial charge < -0.3 is 28.9 Å². The smallest absolute Gasteiger partial charge is 0.0804 e. The van der Waals surface area contributed by atoms with Crippen molar-refractivity contribution in [1.29, 1.82) is 0 Å². The molecule has 0 aliphatic carbocycles. The minimum Gasteiger partial charge on any atom is -0.378 e. The monoisotopic (exact) mass is 601 g/mol. The summed E-state index contributed by atoms with van der Waals surface area (Å²) in [4.78, 5) is 0. The van der Waals surface area contributed by atoms with Gasteiger partial charge in [-0.25, -0.2) is 0 Å². The van der Waals surface area contributed by atoms with Crippen LogP contribution in [0.3, 0.4) is 0 Å². The number of hydrogen-bond acceptors (Lipinski definition) is 6. The summed E-state index contributed by atoms with van der Waals surface area (Å²) in [5, 5.41) is 24.1. The molecule has 8 nitrogen and oxygen atoms in total. The number of rotatable bonds is 17. The average molecular weight is 601 g/mol. The van der Waals surface area contributed by atoms with E-state index in [1.807, 2.05) is 0 Å². The van der Waals surface area contributed by atoms with Gasteiger partial charge in [0.25, 0.3) is 0 Å². The third-order valence-electron chi connectivity index (χ3n) is 10.0. The van der Waals surface area contributed by atoms with E-state index in [0.717, 1.165) is 73.8 Å². The van der Waals surface area contributed by atoms with Crippen LogP contribution in [0.1, 0.15) is 120 Å². The van der Waals surface area contributed by atoms with Crippen molar-refractivity contribution in [2.75, 3.05) is 67.6 Å². The largest absolute Gasteiger partial charge is 0.378 e. The molecule has 0 unspecified atom stereocenters. The summed E-state index contributed by atoms with van der Waals surface area (Å²) in [6, 6.07) is 0. The first-order valence-corrected chi connectivity index (χ1v) is 16.9. The predicted octanol–water partition coefficient (Wildman–Crippen LogP) is 6.33. The fourth-order valence-corrected chi connectivity index (χ4v) is 7.74. The van der Waals surface area contributed by atoms with E-state index in [-0.39, 0.29) is 34.4 Å². The Morgan fingerprint density at radius 1 is 0.500 bits per heavy atom. The first-order valence-electron chi connectivity index (χ1n) is 16.9. The second-order valence-corrected chi connectivity index (χ2v) is 17.6. The Balaban J connectivity index is 1.54. The SMILES string of the molecule is CC1(C)CC(OCCC[N+](C)(C)CCCCCC[N+](C)(C)CCCOC2CC(C)(C)N(O)C(C)(C)C2)CC(C)(C)N1O. The quantitative estimate of drug-likeness (QED) is 0.150. The van der Waals surface area contributed by atoms with Gasteiger partial charge in [-0.05, 0) is 107 Å². The fraction of sp³-hybridized carbons (Fsp3) is 1.00. The first kappa shape index (κ1) is 37.9. The highest BCUT2D eigenvalue weighted by atomic mass is 16.5. The van der Waals surface area contributed by atoms with Crippen LogP contribution in [0.4, 0.5) is 0 Å². The average Bonchev–Trinajstić information content (AvgIpc) is 2.83. The first-order chi connectivity index (χ1) is 19.1. The van der Waals surface area contributed by atoms with E-state index >= 15 is 0 Å². The summed E-state index contributed by atoms with van der Waals surface area (Å²) in [6.45, 7) is 23.2. The van der Waals surface area contributed by atoms with Crippen molar-refractivity contribution in [2.24, 2.45) is 0 Å². The minimum absolute atomic E-state index is 0.217. The molecule has 2 heterocycles. The van der Waals surface area contributed by atoms with Gasteiger partial charge in [0, 0.05) is 35.0 Å². The van der Waals surface area contributed by atoms with E-state index in [1.165, 1.54) is 48.9 Å². The maximum atomic E-state index is 10.5. The van der Waals surface area contributed by atoms with Crippen molar-refractivity contribution in [3.8, 4) is 0 Å². The number of ether oxygens (including phenoxy) is 2. The molecule has 0 atom stereocenters. The summed E-state index contributed by atoms with van der Waals surface area (Å²) in [7, 11) is 9.42. The van der Waals surface area contributed by atoms with Crippen molar-refractivity contribution in [2.45, 2.75) is 154 Å². The van der Waals surface area contributed by atoms with E-state index in [9.17, 15) is 10.4 Å². The second-order valence-electron chi connectivity index (χ2n) is 17.6. The van der Waals surface area contributed by atoms with Crippen LogP contribution in [0, 0.1) is 0 Å². The molecular weight excluding hydrogens is 528 g/mol. The van der Waals surface area contributed by atoms with Crippen LogP contribution in [-0.4, -0.2) is 131 Å². The Morgan fingerprint density at radius 2 is 0.762 bits per heavy atom. The van der Waals surface area contributed by atoms with E-state index in [2.05, 4.69) is 83.6 Å². The molecule has 0 spiro atoms. The Bertz CT molecular complexity index is 709. The molecule has 0 aromatic rings. The van der Waals surface area contributed by atoms with Crippen LogP contribution >= 0.6 is 0 Å². The number of quaternary nitrogens is 2. The molecule has 2 fully saturated rings. The molecule has 8 heteroatoms. The van der Waals surface area contributed by atoms with Gasteiger partial charge in [-0.2, -0.15) is 10.1 Å². The zero-order chi connectivity index (χ0) is 32.0. The van der Waals surface area contributed by atoms with Crippen LogP contribution < -0.4 is 0 Å². The Morgan fingerprint density at radius 3 is 1.05 bits per heavy atom. The number of nitrogens with zero attached hydrogens (tertiary/aromatic N) is 4. The molecule has 2 saturated heterocycles. The maximum absolute atomic E-state index is 10.5. The van der Waals surface area contributed by atoms with Gasteiger partial charge in [0.15, 0.2) is 0 Å². The number of hydroxylamine groups is 4. The van der Waals surface area contributed by atoms with Crippen LogP contribution in [0.25, 0.3) is 0 Å². The molecule has 0 radical (unpaired) electrons. The van der Waals surface area contributed by atoms with Gasteiger partial charge in [0.05, 0.1) is 79.8 Å². The van der Waals surface area contributed by atoms with Gasteiger partial charge in [0.1, 0.15) is 0 Å². The van der Waals surface area contributed by atoms with Crippen molar-refractivity contribution in [3.05, 3.63) is 0 Å². The van der Waals surface area contributed by atoms with Crippen molar-refractivity contribution < 1.29 is 28.9 Å². The van der Waals surface area contributed by atoms with Crippen molar-refractivity contribution in [3.63, 3.8) is 0 Å². The summed E-state index contributed by atoms with van der Waals surface area (Å²) in [5.41, 5.74) is -1.00. The molecule has 0 aromatic carbocycles. The van der Waals surface area contributed by atoms with E-state index < -0.39 is 0 Å². The third kappa shape index (κ3) is 11.9. The van der Waals surface area contributed by atoms with Crippen LogP contribution in [0.2, 0.25) is 0 Å². The lowest BCUT2D eigenvalue weighted by molar-refractivity contribution is -0.891. The molecule has 2 rings (SSSR count). The third-order valence-corrected chi connectivity index (χ3v) is 10.0. The minimum atomic E-state index is -0.251. The van der Waals surface area contributed by atoms with Gasteiger partial charge in [0.2, 0.25) is 0 Å². The number of unbranched alkanes of at least 4 members (excludes halogenated alkanes) is 3. The molecule has 0 amide bonds. The van der Waals surface area contributed by atoms with Crippen molar-refractivity contribution >= 4 is 0 Å². The highest BCUT2D eigenvalue weighted by Gasteiger charge is 2.46. The van der Waals surface area contributed by atoms with Gasteiger partial charge in [-0.15, -0.1) is 0 Å². The Hall–Kier alpha value is -0.320. The zero-order valence-electron chi connectivity index (χ0n) is 30.0. The summed E-state index contributed by atoms with van der Waals surface area (Å²) in [5.74, 6) is 0. The topological polar surface area (TPSA) is 65.4 Å². The molecule has 2 aliphatic rings.